The van der Waals surface area contributed by atoms with Crippen LogP contribution < -0.4 is 4.90 Å². The molecule has 3 nitrogen and oxygen atoms in total. The number of aromatic amines is 1. The summed E-state index contributed by atoms with van der Waals surface area (Å²) >= 11 is 11.6. The summed E-state index contributed by atoms with van der Waals surface area (Å²) in [6.07, 6.45) is 1.04. The maximum Gasteiger partial charge on any atom is 0.209 e. The minimum atomic E-state index is 0. The molecule has 0 radical (unpaired) electrons. The number of thiocarbonyl (C=S) groups is 1. The van der Waals surface area contributed by atoms with Crippen molar-refractivity contribution >= 4 is 70.3 Å². The van der Waals surface area contributed by atoms with Crippen LogP contribution >= 0.6 is 49.0 Å². The van der Waals surface area contributed by atoms with Crippen LogP contribution in [0.25, 0.3) is 11.0 Å². The summed E-state index contributed by atoms with van der Waals surface area (Å²) in [6, 6.07) is 6.20. The molecule has 0 aliphatic heterocycles. The van der Waals surface area contributed by atoms with Gasteiger partial charge >= 0.3 is 0 Å². The average molecular weight is 390 g/mol. The lowest BCUT2D eigenvalue weighted by atomic mass is 10.2. The average Bonchev–Trinajstić information content (AvgIpc) is 2.79. The first-order valence-corrected chi connectivity index (χ1v) is 9.21. The number of benzene rings is 1. The minimum Gasteiger partial charge on any atom is -0.324 e. The Hall–Kier alpha value is -0.430. The fraction of sp³-hybridized carbons (Fsp3) is 0.500. The van der Waals surface area contributed by atoms with Crippen molar-refractivity contribution < 1.29 is 0 Å². The molecule has 0 saturated carbocycles. The standard InChI is InChI=1S/C16H23N3S3.ClH/c1-11-6-7-12-13(10-11)18-14(17-12)19(15(20)21)8-5-9-22-16(2,3)4;/h6-7,10H,5,8-9H2,1-4H3,(H,17,18)(H,20,21);1H. The van der Waals surface area contributed by atoms with E-state index >= 15 is 0 Å². The van der Waals surface area contributed by atoms with Crippen molar-refractivity contribution in [3.63, 3.8) is 0 Å². The second kappa shape index (κ2) is 8.60. The van der Waals surface area contributed by atoms with Gasteiger partial charge in [0.1, 0.15) is 4.32 Å². The van der Waals surface area contributed by atoms with Gasteiger partial charge in [0.05, 0.1) is 11.0 Å². The van der Waals surface area contributed by atoms with Gasteiger partial charge in [-0.25, -0.2) is 4.98 Å². The summed E-state index contributed by atoms with van der Waals surface area (Å²) in [5.74, 6) is 1.87. The predicted octanol–water partition coefficient (Wildman–Crippen LogP) is 5.24. The minimum absolute atomic E-state index is 0. The number of hydrogen-bond acceptors (Lipinski definition) is 3. The van der Waals surface area contributed by atoms with E-state index in [0.29, 0.717) is 9.07 Å². The second-order valence-electron chi connectivity index (χ2n) is 6.33. The summed E-state index contributed by atoms with van der Waals surface area (Å²) in [5.41, 5.74) is 3.19. The monoisotopic (exact) mass is 389 g/mol. The van der Waals surface area contributed by atoms with Crippen LogP contribution in [0.3, 0.4) is 0 Å². The molecule has 2 rings (SSSR count). The van der Waals surface area contributed by atoms with E-state index in [1.165, 1.54) is 5.56 Å². The van der Waals surface area contributed by atoms with Gasteiger partial charge in [-0.2, -0.15) is 11.8 Å². The molecule has 0 fully saturated rings. The number of halogens is 1. The smallest absolute Gasteiger partial charge is 0.209 e. The Balaban J connectivity index is 0.00000264. The molecule has 0 atom stereocenters. The van der Waals surface area contributed by atoms with Crippen LogP contribution in [0, 0.1) is 6.92 Å². The van der Waals surface area contributed by atoms with E-state index in [-0.39, 0.29) is 12.4 Å². The number of rotatable bonds is 5. The number of nitrogens with zero attached hydrogens (tertiary/aromatic N) is 2. The van der Waals surface area contributed by atoms with Gasteiger partial charge in [-0.3, -0.25) is 4.90 Å². The molecule has 1 heterocycles. The fourth-order valence-corrected chi connectivity index (χ4v) is 3.38. The highest BCUT2D eigenvalue weighted by atomic mass is 35.5. The first-order valence-electron chi connectivity index (χ1n) is 7.37. The van der Waals surface area contributed by atoms with Gasteiger partial charge in [0, 0.05) is 11.3 Å². The van der Waals surface area contributed by atoms with Crippen LogP contribution in [0.1, 0.15) is 32.8 Å². The summed E-state index contributed by atoms with van der Waals surface area (Å²) < 4.78 is 0.847. The van der Waals surface area contributed by atoms with Crippen molar-refractivity contribution in [2.75, 3.05) is 17.2 Å². The summed E-state index contributed by atoms with van der Waals surface area (Å²) in [4.78, 5) is 9.95. The Labute approximate surface area is 159 Å². The van der Waals surface area contributed by atoms with E-state index in [4.69, 9.17) is 12.2 Å². The predicted molar refractivity (Wildman–Crippen MR) is 114 cm³/mol. The van der Waals surface area contributed by atoms with Crippen molar-refractivity contribution in [1.82, 2.24) is 9.97 Å². The van der Waals surface area contributed by atoms with Gasteiger partial charge in [-0.15, -0.1) is 25.0 Å². The molecular weight excluding hydrogens is 366 g/mol. The SMILES string of the molecule is Cc1ccc2[nH]c(N(CCCSC(C)(C)C)C(=S)S)nc2c1.Cl. The third kappa shape index (κ3) is 6.18. The first kappa shape index (κ1) is 20.6. The number of aromatic nitrogens is 2. The number of thiol groups is 1. The molecule has 0 aliphatic rings. The molecule has 0 unspecified atom stereocenters. The lowest BCUT2D eigenvalue weighted by Gasteiger charge is -2.21. The van der Waals surface area contributed by atoms with E-state index in [0.717, 1.165) is 35.7 Å². The molecule has 1 N–H and O–H groups in total. The van der Waals surface area contributed by atoms with Gasteiger partial charge < -0.3 is 4.98 Å². The Bertz CT molecular complexity index is 664. The molecule has 23 heavy (non-hydrogen) atoms. The number of H-pyrrole nitrogens is 1. The number of aryl methyl sites for hydroxylation is 1. The maximum atomic E-state index is 5.28. The van der Waals surface area contributed by atoms with Crippen molar-refractivity contribution in [3.8, 4) is 0 Å². The third-order valence-corrected chi connectivity index (χ3v) is 4.99. The van der Waals surface area contributed by atoms with Crippen LogP contribution in [-0.2, 0) is 0 Å². The van der Waals surface area contributed by atoms with E-state index in [1.54, 1.807) is 0 Å². The Morgan fingerprint density at radius 1 is 1.39 bits per heavy atom. The molecule has 7 heteroatoms. The van der Waals surface area contributed by atoms with Crippen molar-refractivity contribution in [2.45, 2.75) is 38.9 Å². The maximum absolute atomic E-state index is 5.28. The molecule has 128 valence electrons. The van der Waals surface area contributed by atoms with E-state index in [1.807, 2.05) is 16.7 Å². The Morgan fingerprint density at radius 3 is 2.70 bits per heavy atom. The first-order chi connectivity index (χ1) is 10.3. The summed E-state index contributed by atoms with van der Waals surface area (Å²) in [6.45, 7) is 9.60. The zero-order chi connectivity index (χ0) is 16.3. The number of thioether (sulfide) groups is 1. The highest BCUT2D eigenvalue weighted by molar-refractivity contribution is 8.11. The quantitative estimate of drug-likeness (QED) is 0.416. The van der Waals surface area contributed by atoms with Gasteiger partial charge in [-0.05, 0) is 36.8 Å². The lowest BCUT2D eigenvalue weighted by Crippen LogP contribution is -2.28. The molecule has 0 amide bonds. The van der Waals surface area contributed by atoms with E-state index < -0.39 is 0 Å². The second-order valence-corrected chi connectivity index (χ2v) is 9.36. The highest BCUT2D eigenvalue weighted by Crippen LogP contribution is 2.25. The van der Waals surface area contributed by atoms with Crippen LogP contribution in [0.5, 0.6) is 0 Å². The number of fused-ring (bicyclic) bond motifs is 1. The lowest BCUT2D eigenvalue weighted by molar-refractivity contribution is 0.796. The molecule has 1 aromatic heterocycles. The zero-order valence-corrected chi connectivity index (χ0v) is 17.3. The topological polar surface area (TPSA) is 31.9 Å². The summed E-state index contributed by atoms with van der Waals surface area (Å²) in [5, 5.41) is 0. The number of imidazole rings is 1. The van der Waals surface area contributed by atoms with Crippen molar-refractivity contribution in [3.05, 3.63) is 23.8 Å². The van der Waals surface area contributed by atoms with Crippen LogP contribution in [0.2, 0.25) is 0 Å². The molecule has 0 bridgehead atoms. The molecule has 0 saturated heterocycles. The number of nitrogens with one attached hydrogen (secondary N) is 1. The van der Waals surface area contributed by atoms with Crippen LogP contribution in [-0.4, -0.2) is 31.3 Å². The zero-order valence-electron chi connectivity index (χ0n) is 13.9. The summed E-state index contributed by atoms with van der Waals surface area (Å²) in [7, 11) is 0. The Kier molecular flexibility index (Phi) is 7.71. The van der Waals surface area contributed by atoms with Gasteiger partial charge in [0.2, 0.25) is 5.95 Å². The normalized spacial score (nSPS) is 11.3. The molecule has 0 aliphatic carbocycles. The Morgan fingerprint density at radius 2 is 2.09 bits per heavy atom. The van der Waals surface area contributed by atoms with Crippen molar-refractivity contribution in [1.29, 1.82) is 0 Å². The fourth-order valence-electron chi connectivity index (χ4n) is 2.12. The van der Waals surface area contributed by atoms with Crippen molar-refractivity contribution in [2.24, 2.45) is 0 Å². The third-order valence-electron chi connectivity index (χ3n) is 3.17. The highest BCUT2D eigenvalue weighted by Gasteiger charge is 2.15. The van der Waals surface area contributed by atoms with Gasteiger partial charge in [0.15, 0.2) is 0 Å². The molecule has 0 spiro atoms. The van der Waals surface area contributed by atoms with Gasteiger partial charge in [-0.1, -0.05) is 39.1 Å². The molecular formula is C16H24ClN3S3. The number of hydrogen-bond donors (Lipinski definition) is 2. The largest absolute Gasteiger partial charge is 0.324 e. The van der Waals surface area contributed by atoms with Gasteiger partial charge in [0.25, 0.3) is 0 Å². The van der Waals surface area contributed by atoms with Crippen LogP contribution in [0.15, 0.2) is 18.2 Å². The van der Waals surface area contributed by atoms with E-state index in [2.05, 4.69) is 68.5 Å². The number of anilines is 1. The van der Waals surface area contributed by atoms with E-state index in [9.17, 15) is 0 Å². The van der Waals surface area contributed by atoms with Crippen LogP contribution in [0.4, 0.5) is 5.95 Å². The molecule has 1 aromatic carbocycles. The molecule has 2 aromatic rings.